The van der Waals surface area contributed by atoms with Crippen molar-refractivity contribution in [3.05, 3.63) is 28.8 Å². The van der Waals surface area contributed by atoms with E-state index in [0.29, 0.717) is 28.8 Å². The van der Waals surface area contributed by atoms with Crippen LogP contribution in [0.3, 0.4) is 0 Å². The summed E-state index contributed by atoms with van der Waals surface area (Å²) < 4.78 is 5.26. The lowest BCUT2D eigenvalue weighted by Gasteiger charge is -2.34. The zero-order chi connectivity index (χ0) is 14.7. The second kappa shape index (κ2) is 6.46. The van der Waals surface area contributed by atoms with Gasteiger partial charge in [-0.15, -0.1) is 0 Å². The second-order valence-electron chi connectivity index (χ2n) is 5.36. The lowest BCUT2D eigenvalue weighted by atomic mass is 9.92. The minimum absolute atomic E-state index is 0.0327. The summed E-state index contributed by atoms with van der Waals surface area (Å²) in [7, 11) is 1.56. The van der Waals surface area contributed by atoms with Crippen LogP contribution in [0.5, 0.6) is 5.75 Å². The van der Waals surface area contributed by atoms with Crippen molar-refractivity contribution >= 4 is 17.5 Å². The highest BCUT2D eigenvalue weighted by Crippen LogP contribution is 2.26. The van der Waals surface area contributed by atoms with Gasteiger partial charge in [0.05, 0.1) is 12.7 Å². The van der Waals surface area contributed by atoms with E-state index in [2.05, 4.69) is 0 Å². The molecule has 1 fully saturated rings. The molecule has 0 aromatic heterocycles. The number of hydrogen-bond acceptors (Lipinski definition) is 3. The SMILES string of the molecule is COc1ccc(Cl)cc1C(=O)N1CCC[C@H]([C@H](C)N)C1. The predicted molar refractivity (Wildman–Crippen MR) is 80.3 cm³/mol. The number of amides is 1. The van der Waals surface area contributed by atoms with Gasteiger partial charge in [0, 0.05) is 24.2 Å². The third kappa shape index (κ3) is 3.25. The molecule has 1 aromatic rings. The van der Waals surface area contributed by atoms with Crippen LogP contribution in [-0.4, -0.2) is 37.0 Å². The standard InChI is InChI=1S/C15H21ClN2O2/c1-10(17)11-4-3-7-18(9-11)15(19)13-8-12(16)5-6-14(13)20-2/h5-6,8,10-11H,3-4,7,9,17H2,1-2H3/t10-,11-/m0/s1. The Balaban J connectivity index is 2.20. The maximum atomic E-state index is 12.6. The molecule has 20 heavy (non-hydrogen) atoms. The Hall–Kier alpha value is -1.26. The van der Waals surface area contributed by atoms with Crippen LogP contribution in [0.1, 0.15) is 30.1 Å². The van der Waals surface area contributed by atoms with Gasteiger partial charge < -0.3 is 15.4 Å². The van der Waals surface area contributed by atoms with E-state index in [0.717, 1.165) is 19.4 Å². The van der Waals surface area contributed by atoms with Gasteiger partial charge in [-0.05, 0) is 43.9 Å². The first-order chi connectivity index (χ1) is 9.52. The van der Waals surface area contributed by atoms with E-state index in [1.807, 2.05) is 11.8 Å². The van der Waals surface area contributed by atoms with Gasteiger partial charge >= 0.3 is 0 Å². The number of hydrogen-bond donors (Lipinski definition) is 1. The average molecular weight is 297 g/mol. The van der Waals surface area contributed by atoms with Crippen LogP contribution >= 0.6 is 11.6 Å². The molecule has 1 heterocycles. The fraction of sp³-hybridized carbons (Fsp3) is 0.533. The Morgan fingerprint density at radius 1 is 1.55 bits per heavy atom. The Morgan fingerprint density at radius 3 is 2.95 bits per heavy atom. The molecule has 1 aliphatic rings. The zero-order valence-electron chi connectivity index (χ0n) is 11.9. The van der Waals surface area contributed by atoms with E-state index >= 15 is 0 Å². The van der Waals surface area contributed by atoms with E-state index in [9.17, 15) is 4.79 Å². The van der Waals surface area contributed by atoms with Gasteiger partial charge in [0.25, 0.3) is 5.91 Å². The van der Waals surface area contributed by atoms with Crippen molar-refractivity contribution in [3.8, 4) is 5.75 Å². The highest BCUT2D eigenvalue weighted by Gasteiger charge is 2.27. The molecule has 1 amide bonds. The predicted octanol–water partition coefficient (Wildman–Crippen LogP) is 2.55. The monoisotopic (exact) mass is 296 g/mol. The summed E-state index contributed by atoms with van der Waals surface area (Å²) in [5.74, 6) is 0.884. The number of likely N-dealkylation sites (tertiary alicyclic amines) is 1. The Morgan fingerprint density at radius 2 is 2.30 bits per heavy atom. The average Bonchev–Trinajstić information content (AvgIpc) is 2.46. The molecule has 2 rings (SSSR count). The molecule has 0 unspecified atom stereocenters. The van der Waals surface area contributed by atoms with Crippen molar-refractivity contribution in [2.75, 3.05) is 20.2 Å². The summed E-state index contributed by atoms with van der Waals surface area (Å²) in [5, 5.41) is 0.537. The van der Waals surface area contributed by atoms with E-state index in [-0.39, 0.29) is 11.9 Å². The molecular formula is C15H21ClN2O2. The van der Waals surface area contributed by atoms with Crippen molar-refractivity contribution in [2.24, 2.45) is 11.7 Å². The number of rotatable bonds is 3. The van der Waals surface area contributed by atoms with Gasteiger partial charge in [0.15, 0.2) is 0 Å². The molecule has 110 valence electrons. The fourth-order valence-corrected chi connectivity index (χ4v) is 2.81. The number of carbonyl (C=O) groups excluding carboxylic acids is 1. The number of ether oxygens (including phenoxy) is 1. The van der Waals surface area contributed by atoms with Crippen molar-refractivity contribution in [2.45, 2.75) is 25.8 Å². The van der Waals surface area contributed by atoms with E-state index < -0.39 is 0 Å². The molecule has 4 nitrogen and oxygen atoms in total. The van der Waals surface area contributed by atoms with Crippen LogP contribution < -0.4 is 10.5 Å². The molecule has 1 saturated heterocycles. The van der Waals surface area contributed by atoms with Gasteiger partial charge in [-0.2, -0.15) is 0 Å². The smallest absolute Gasteiger partial charge is 0.257 e. The molecule has 0 saturated carbocycles. The highest BCUT2D eigenvalue weighted by atomic mass is 35.5. The third-order valence-electron chi connectivity index (χ3n) is 3.88. The lowest BCUT2D eigenvalue weighted by molar-refractivity contribution is 0.0657. The minimum atomic E-state index is -0.0327. The van der Waals surface area contributed by atoms with Gasteiger partial charge in [-0.1, -0.05) is 11.6 Å². The number of nitrogens with zero attached hydrogens (tertiary/aromatic N) is 1. The normalized spacial score (nSPS) is 20.6. The van der Waals surface area contributed by atoms with Crippen molar-refractivity contribution in [1.82, 2.24) is 4.90 Å². The third-order valence-corrected chi connectivity index (χ3v) is 4.12. The molecule has 2 atom stereocenters. The maximum absolute atomic E-state index is 12.6. The summed E-state index contributed by atoms with van der Waals surface area (Å²) in [6, 6.07) is 5.21. The topological polar surface area (TPSA) is 55.6 Å². The first-order valence-corrected chi connectivity index (χ1v) is 7.29. The van der Waals surface area contributed by atoms with Crippen LogP contribution in [0.4, 0.5) is 0 Å². The number of halogens is 1. The Kier molecular flexibility index (Phi) is 4.89. The van der Waals surface area contributed by atoms with E-state index in [4.69, 9.17) is 22.1 Å². The van der Waals surface area contributed by atoms with Crippen molar-refractivity contribution in [1.29, 1.82) is 0 Å². The fourth-order valence-electron chi connectivity index (χ4n) is 2.64. The number of carbonyl (C=O) groups is 1. The number of piperidine rings is 1. The van der Waals surface area contributed by atoms with Gasteiger partial charge in [-0.25, -0.2) is 0 Å². The summed E-state index contributed by atoms with van der Waals surface area (Å²) in [6.45, 7) is 3.46. The zero-order valence-corrected chi connectivity index (χ0v) is 12.7. The van der Waals surface area contributed by atoms with Crippen LogP contribution in [-0.2, 0) is 0 Å². The van der Waals surface area contributed by atoms with Gasteiger partial charge in [-0.3, -0.25) is 4.79 Å². The number of methoxy groups -OCH3 is 1. The molecule has 5 heteroatoms. The number of benzene rings is 1. The Bertz CT molecular complexity index is 491. The molecular weight excluding hydrogens is 276 g/mol. The maximum Gasteiger partial charge on any atom is 0.257 e. The summed E-state index contributed by atoms with van der Waals surface area (Å²) >= 11 is 5.99. The molecule has 0 spiro atoms. The van der Waals surface area contributed by atoms with Crippen LogP contribution in [0.2, 0.25) is 5.02 Å². The largest absolute Gasteiger partial charge is 0.496 e. The summed E-state index contributed by atoms with van der Waals surface area (Å²) in [4.78, 5) is 14.5. The minimum Gasteiger partial charge on any atom is -0.496 e. The van der Waals surface area contributed by atoms with E-state index in [1.165, 1.54) is 0 Å². The first kappa shape index (κ1) is 15.1. The molecule has 0 bridgehead atoms. The lowest BCUT2D eigenvalue weighted by Crippen LogP contribution is -2.45. The molecule has 2 N–H and O–H groups in total. The van der Waals surface area contributed by atoms with Crippen LogP contribution in [0.15, 0.2) is 18.2 Å². The van der Waals surface area contributed by atoms with Crippen LogP contribution in [0, 0.1) is 5.92 Å². The summed E-state index contributed by atoms with van der Waals surface area (Å²) in [6.07, 6.45) is 2.06. The van der Waals surface area contributed by atoms with E-state index in [1.54, 1.807) is 25.3 Å². The van der Waals surface area contributed by atoms with Crippen molar-refractivity contribution < 1.29 is 9.53 Å². The van der Waals surface area contributed by atoms with Gasteiger partial charge in [0.1, 0.15) is 5.75 Å². The second-order valence-corrected chi connectivity index (χ2v) is 5.79. The number of nitrogens with two attached hydrogens (primary N) is 1. The Labute approximate surface area is 124 Å². The highest BCUT2D eigenvalue weighted by molar-refractivity contribution is 6.31. The van der Waals surface area contributed by atoms with Gasteiger partial charge in [0.2, 0.25) is 0 Å². The summed E-state index contributed by atoms with van der Waals surface area (Å²) in [5.41, 5.74) is 6.48. The van der Waals surface area contributed by atoms with Crippen LogP contribution in [0.25, 0.3) is 0 Å². The molecule has 1 aromatic carbocycles. The molecule has 0 radical (unpaired) electrons. The molecule has 0 aliphatic carbocycles. The quantitative estimate of drug-likeness (QED) is 0.932. The molecule has 1 aliphatic heterocycles. The first-order valence-electron chi connectivity index (χ1n) is 6.91. The van der Waals surface area contributed by atoms with Crippen molar-refractivity contribution in [3.63, 3.8) is 0 Å².